The van der Waals surface area contributed by atoms with Crippen LogP contribution in [0.1, 0.15) is 0 Å². The topological polar surface area (TPSA) is 69.2 Å². The Morgan fingerprint density at radius 3 is 1.00 bits per heavy atom. The van der Waals surface area contributed by atoms with Crippen LogP contribution in [0, 0.1) is 0 Å². The molecule has 0 fully saturated rings. The van der Waals surface area contributed by atoms with E-state index < -0.39 is 7.32 Å². The minimum Gasteiger partial charge on any atom is -0.907 e. The molecule has 7 heavy (non-hydrogen) atoms. The molecule has 7 heteroatoms. The Bertz CT molecular complexity index is 19.7. The minimum atomic E-state index is -2.92. The van der Waals surface area contributed by atoms with E-state index >= 15 is 0 Å². The summed E-state index contributed by atoms with van der Waals surface area (Å²) in [5, 5.41) is 25.2. The summed E-state index contributed by atoms with van der Waals surface area (Å²) in [4.78, 5) is 0. The molecular formula is AlBCrCuO3+3. The fraction of sp³-hybridized carbons (Fsp3) is 0. The Morgan fingerprint density at radius 1 is 1.00 bits per heavy atom. The largest absolute Gasteiger partial charge is 3.00 e. The van der Waals surface area contributed by atoms with Crippen LogP contribution in [0.2, 0.25) is 0 Å². The van der Waals surface area contributed by atoms with Crippen molar-refractivity contribution in [3.63, 3.8) is 0 Å². The maximum Gasteiger partial charge on any atom is 3.00 e. The monoisotopic (exact) mass is 201 g/mol. The van der Waals surface area contributed by atoms with Crippen LogP contribution in [0.15, 0.2) is 0 Å². The third kappa shape index (κ3) is 98.4. The van der Waals surface area contributed by atoms with Crippen molar-refractivity contribution < 1.29 is 49.5 Å². The van der Waals surface area contributed by atoms with Gasteiger partial charge in [-0.15, -0.1) is 0 Å². The number of rotatable bonds is 0. The molecule has 3 nitrogen and oxygen atoms in total. The van der Waals surface area contributed by atoms with Crippen LogP contribution in [-0.2, 0) is 34.4 Å². The zero-order valence-electron chi connectivity index (χ0n) is 3.09. The summed E-state index contributed by atoms with van der Waals surface area (Å²) < 4.78 is 0. The molecular weight excluding hydrogens is 201 g/mol. The molecule has 0 heterocycles. The van der Waals surface area contributed by atoms with Crippen LogP contribution in [-0.4, -0.2) is 24.7 Å². The van der Waals surface area contributed by atoms with Crippen molar-refractivity contribution in [1.29, 1.82) is 0 Å². The molecule has 0 aromatic carbocycles. The molecule has 0 aliphatic rings. The van der Waals surface area contributed by atoms with Gasteiger partial charge >= 0.3 is 51.8 Å². The Balaban J connectivity index is -0.0000000150. The molecule has 0 N–H and O–H groups in total. The molecule has 0 radical (unpaired) electrons. The van der Waals surface area contributed by atoms with Gasteiger partial charge in [0.05, 0.1) is 0 Å². The summed E-state index contributed by atoms with van der Waals surface area (Å²) in [6, 6.07) is 0. The fourth-order valence-corrected chi connectivity index (χ4v) is 0. The summed E-state index contributed by atoms with van der Waals surface area (Å²) in [6.07, 6.45) is 0. The molecule has 0 atom stereocenters. The molecule has 0 amide bonds. The van der Waals surface area contributed by atoms with Gasteiger partial charge in [-0.3, -0.25) is 7.32 Å². The standard InChI is InChI=1S/Al.BO3.Cr.Cu/c;2-1(3)4;;/q+3;-3;+2;+1. The van der Waals surface area contributed by atoms with Gasteiger partial charge in [0.25, 0.3) is 0 Å². The summed E-state index contributed by atoms with van der Waals surface area (Å²) >= 11 is 0. The third-order valence-corrected chi connectivity index (χ3v) is 0. The molecule has 0 aromatic rings. The van der Waals surface area contributed by atoms with E-state index in [1.807, 2.05) is 0 Å². The van der Waals surface area contributed by atoms with E-state index in [9.17, 15) is 0 Å². The van der Waals surface area contributed by atoms with Gasteiger partial charge in [0.1, 0.15) is 0 Å². The first-order valence-corrected chi connectivity index (χ1v) is 0.707. The minimum absolute atomic E-state index is 0. The Morgan fingerprint density at radius 2 is 1.00 bits per heavy atom. The van der Waals surface area contributed by atoms with E-state index in [1.165, 1.54) is 0 Å². The summed E-state index contributed by atoms with van der Waals surface area (Å²) in [5.41, 5.74) is 0. The van der Waals surface area contributed by atoms with Crippen molar-refractivity contribution in [2.75, 3.05) is 0 Å². The number of hydrogen-bond acceptors (Lipinski definition) is 3. The normalized spacial score (nSPS) is 3.86. The second-order valence-corrected chi connectivity index (χ2v) is 0.289. The first kappa shape index (κ1) is 23.6. The molecule has 0 aliphatic carbocycles. The van der Waals surface area contributed by atoms with Crippen molar-refractivity contribution >= 4 is 24.7 Å². The van der Waals surface area contributed by atoms with Crippen molar-refractivity contribution in [2.45, 2.75) is 0 Å². The van der Waals surface area contributed by atoms with E-state index in [4.69, 9.17) is 15.1 Å². The molecule has 0 bridgehead atoms. The average Bonchev–Trinajstić information content (AvgIpc) is 0.811. The first-order chi connectivity index (χ1) is 1.73. The van der Waals surface area contributed by atoms with E-state index in [1.54, 1.807) is 0 Å². The average molecular weight is 201 g/mol. The van der Waals surface area contributed by atoms with Crippen molar-refractivity contribution in [3.05, 3.63) is 0 Å². The third-order valence-electron chi connectivity index (χ3n) is 0. The predicted octanol–water partition coefficient (Wildman–Crippen LogP) is -4.33. The van der Waals surface area contributed by atoms with Gasteiger partial charge in [-0.2, -0.15) is 0 Å². The van der Waals surface area contributed by atoms with Gasteiger partial charge < -0.3 is 15.1 Å². The molecule has 38 valence electrons. The Kier molecular flexibility index (Phi) is 52.7. The van der Waals surface area contributed by atoms with E-state index in [2.05, 4.69) is 0 Å². The second-order valence-electron chi connectivity index (χ2n) is 0.289. The smallest absolute Gasteiger partial charge is 0.907 e. The van der Waals surface area contributed by atoms with Gasteiger partial charge in [-0.05, 0) is 0 Å². The summed E-state index contributed by atoms with van der Waals surface area (Å²) in [7, 11) is -2.92. The molecule has 0 spiro atoms. The van der Waals surface area contributed by atoms with Crippen LogP contribution >= 0.6 is 0 Å². The van der Waals surface area contributed by atoms with Gasteiger partial charge in [0.2, 0.25) is 0 Å². The van der Waals surface area contributed by atoms with Crippen LogP contribution in [0.25, 0.3) is 0 Å². The van der Waals surface area contributed by atoms with Crippen molar-refractivity contribution in [3.8, 4) is 0 Å². The Labute approximate surface area is 74.0 Å². The van der Waals surface area contributed by atoms with Crippen LogP contribution < -0.4 is 15.1 Å². The summed E-state index contributed by atoms with van der Waals surface area (Å²) in [5.74, 6) is 0. The zero-order chi connectivity index (χ0) is 3.58. The quantitative estimate of drug-likeness (QED) is 0.372. The van der Waals surface area contributed by atoms with Crippen molar-refractivity contribution in [1.82, 2.24) is 0 Å². The van der Waals surface area contributed by atoms with E-state index in [-0.39, 0.29) is 51.8 Å². The molecule has 0 rings (SSSR count). The number of hydrogen-bond donors (Lipinski definition) is 0. The van der Waals surface area contributed by atoms with Gasteiger partial charge in [-0.25, -0.2) is 0 Å². The van der Waals surface area contributed by atoms with E-state index in [0.29, 0.717) is 0 Å². The fourth-order valence-electron chi connectivity index (χ4n) is 0. The van der Waals surface area contributed by atoms with Gasteiger partial charge in [0, 0.05) is 0 Å². The molecule has 0 unspecified atom stereocenters. The van der Waals surface area contributed by atoms with Crippen LogP contribution in [0.4, 0.5) is 0 Å². The molecule has 0 aromatic heterocycles. The van der Waals surface area contributed by atoms with Gasteiger partial charge in [-0.1, -0.05) is 0 Å². The Hall–Kier alpha value is 1.53. The second kappa shape index (κ2) is 15.6. The van der Waals surface area contributed by atoms with Crippen LogP contribution in [0.3, 0.4) is 0 Å². The summed E-state index contributed by atoms with van der Waals surface area (Å²) in [6.45, 7) is 0. The van der Waals surface area contributed by atoms with E-state index in [0.717, 1.165) is 0 Å². The maximum atomic E-state index is 8.42. The SMILES string of the molecule is [Al+3].[Cr+2].[Cu+].[O-]B([O-])[O-]. The maximum absolute atomic E-state index is 8.42. The molecule has 0 saturated heterocycles. The molecule has 0 saturated carbocycles. The van der Waals surface area contributed by atoms with Crippen molar-refractivity contribution in [2.24, 2.45) is 0 Å². The van der Waals surface area contributed by atoms with Crippen LogP contribution in [0.5, 0.6) is 0 Å². The zero-order valence-corrected chi connectivity index (χ0v) is 6.46. The predicted molar refractivity (Wildman–Crippen MR) is 11.5 cm³/mol. The molecule has 0 aliphatic heterocycles. The van der Waals surface area contributed by atoms with Gasteiger partial charge in [0.15, 0.2) is 0 Å². The first-order valence-electron chi connectivity index (χ1n) is 0.707.